The summed E-state index contributed by atoms with van der Waals surface area (Å²) in [4.78, 5) is 27.2. The Bertz CT molecular complexity index is 665. The van der Waals surface area contributed by atoms with E-state index in [1.807, 2.05) is 7.11 Å². The molecule has 2 rings (SSSR count). The Kier molecular flexibility index (Phi) is 13.3. The zero-order chi connectivity index (χ0) is 28.5. The van der Waals surface area contributed by atoms with Crippen LogP contribution in [0.2, 0.25) is 0 Å². The minimum Gasteiger partial charge on any atom is -0.462 e. The van der Waals surface area contributed by atoms with E-state index in [1.54, 1.807) is 0 Å². The Morgan fingerprint density at radius 3 is 1.49 bits per heavy atom. The average Bonchev–Trinajstić information content (AvgIpc) is 2.77. The third-order valence-corrected chi connectivity index (χ3v) is 9.13. The fourth-order valence-corrected chi connectivity index (χ4v) is 6.26. The number of methoxy groups -OCH3 is 1. The third-order valence-electron chi connectivity index (χ3n) is 9.13. The number of esters is 1. The van der Waals surface area contributed by atoms with Crippen molar-refractivity contribution in [3.05, 3.63) is 0 Å². The molecule has 2 heterocycles. The second-order valence-corrected chi connectivity index (χ2v) is 14.0. The molecule has 0 aromatic rings. The lowest BCUT2D eigenvalue weighted by Gasteiger charge is -2.53. The fraction of sp³-hybridized carbons (Fsp3) is 0.935. The van der Waals surface area contributed by atoms with Gasteiger partial charge < -0.3 is 14.3 Å². The molecule has 6 heteroatoms. The highest BCUT2D eigenvalue weighted by Gasteiger charge is 2.44. The summed E-state index contributed by atoms with van der Waals surface area (Å²) in [5, 5.41) is 0. The van der Waals surface area contributed by atoms with Gasteiger partial charge in [-0.3, -0.25) is 14.6 Å². The first-order chi connectivity index (χ1) is 17.0. The number of likely N-dealkylation sites (tertiary alicyclic amines) is 2. The van der Waals surface area contributed by atoms with Crippen LogP contribution in [0.3, 0.4) is 0 Å². The largest absolute Gasteiger partial charge is 0.462 e. The van der Waals surface area contributed by atoms with Crippen molar-refractivity contribution in [3.63, 3.8) is 0 Å². The molecule has 0 atom stereocenters. The van der Waals surface area contributed by atoms with E-state index >= 15 is 0 Å². The smallest absolute Gasteiger partial charge is 0.306 e. The number of piperidine rings is 2. The van der Waals surface area contributed by atoms with E-state index in [2.05, 4.69) is 79.3 Å². The van der Waals surface area contributed by atoms with Crippen LogP contribution in [0.1, 0.15) is 132 Å². The Hall–Kier alpha value is -0.980. The van der Waals surface area contributed by atoms with Crippen LogP contribution in [0.5, 0.6) is 0 Å². The first-order valence-electron chi connectivity index (χ1n) is 14.6. The lowest BCUT2D eigenvalue weighted by atomic mass is 9.79. The molecule has 0 unspecified atom stereocenters. The fourth-order valence-electron chi connectivity index (χ4n) is 6.26. The van der Waals surface area contributed by atoms with Crippen molar-refractivity contribution in [3.8, 4) is 0 Å². The van der Waals surface area contributed by atoms with Gasteiger partial charge in [-0.25, -0.2) is 0 Å². The van der Waals surface area contributed by atoms with Crippen LogP contribution in [0.4, 0.5) is 0 Å². The molecule has 0 aromatic heterocycles. The molecule has 0 spiro atoms. The van der Waals surface area contributed by atoms with Gasteiger partial charge in [-0.1, -0.05) is 25.7 Å². The molecular formula is C31H60N2O4. The highest BCUT2D eigenvalue weighted by atomic mass is 16.5. The molecule has 218 valence electrons. The van der Waals surface area contributed by atoms with Gasteiger partial charge in [0, 0.05) is 54.9 Å². The van der Waals surface area contributed by atoms with Crippen LogP contribution < -0.4 is 0 Å². The summed E-state index contributed by atoms with van der Waals surface area (Å²) in [6.07, 6.45) is 13.1. The number of carbonyl (C=O) groups is 2. The predicted molar refractivity (Wildman–Crippen MR) is 154 cm³/mol. The van der Waals surface area contributed by atoms with E-state index in [-0.39, 0.29) is 34.2 Å². The number of ether oxygens (including phenoxy) is 2. The molecule has 2 aliphatic rings. The summed E-state index contributed by atoms with van der Waals surface area (Å²) in [5.74, 6) is -0.0443. The maximum Gasteiger partial charge on any atom is 0.306 e. The van der Waals surface area contributed by atoms with Crippen molar-refractivity contribution in [2.24, 2.45) is 0 Å². The minimum atomic E-state index is -0.0443. The van der Waals surface area contributed by atoms with Gasteiger partial charge in [-0.15, -0.1) is 0 Å². The summed E-state index contributed by atoms with van der Waals surface area (Å²) in [5.41, 5.74) is 0.604. The molecule has 0 amide bonds. The number of rotatable bonds is 11. The molecule has 0 bridgehead atoms. The van der Waals surface area contributed by atoms with Gasteiger partial charge in [0.25, 0.3) is 0 Å². The summed E-state index contributed by atoms with van der Waals surface area (Å²) >= 11 is 0. The zero-order valence-electron chi connectivity index (χ0n) is 26.2. The van der Waals surface area contributed by atoms with E-state index in [0.717, 1.165) is 70.5 Å². The molecule has 37 heavy (non-hydrogen) atoms. The molecule has 2 aliphatic heterocycles. The molecule has 0 radical (unpaired) electrons. The van der Waals surface area contributed by atoms with E-state index in [4.69, 9.17) is 9.47 Å². The highest BCUT2D eigenvalue weighted by Crippen LogP contribution is 2.39. The topological polar surface area (TPSA) is 59.1 Å². The van der Waals surface area contributed by atoms with Crippen LogP contribution in [0.25, 0.3) is 0 Å². The second-order valence-electron chi connectivity index (χ2n) is 14.0. The normalized spacial score (nSPS) is 23.6. The molecule has 2 saturated heterocycles. The standard InChI is InChI=1S/C20H37NO3.C11H23NO/c1-19(2)15-17(16-20(3,4)21(19)5)24-18(23)13-11-9-7-6-8-10-12-14-22;1-10(2)7-9(13-6)8-11(3,4)12(10)5/h14,17H,6-13,15-16H2,1-5H3;9H,7-8H2,1-6H3. The Morgan fingerprint density at radius 2 is 1.08 bits per heavy atom. The SMILES string of the molecule is CN1C(C)(C)CC(OC(=O)CCCCCCCCC=O)CC1(C)C.COC1CC(C)(C)N(C)C(C)(C)C1. The van der Waals surface area contributed by atoms with Gasteiger partial charge in [-0.2, -0.15) is 0 Å². The first kappa shape index (κ1) is 34.0. The maximum absolute atomic E-state index is 12.1. The van der Waals surface area contributed by atoms with E-state index < -0.39 is 0 Å². The average molecular weight is 525 g/mol. The predicted octanol–water partition coefficient (Wildman–Crippen LogP) is 6.78. The van der Waals surface area contributed by atoms with Crippen molar-refractivity contribution < 1.29 is 19.1 Å². The Balaban J connectivity index is 0.000000442. The van der Waals surface area contributed by atoms with Gasteiger partial charge in [0.05, 0.1) is 6.10 Å². The number of carbonyl (C=O) groups excluding carboxylic acids is 2. The van der Waals surface area contributed by atoms with Crippen LogP contribution >= 0.6 is 0 Å². The second kappa shape index (κ2) is 14.4. The monoisotopic (exact) mass is 524 g/mol. The molecular weight excluding hydrogens is 464 g/mol. The number of aldehydes is 1. The molecule has 0 N–H and O–H groups in total. The molecule has 0 aliphatic carbocycles. The van der Waals surface area contributed by atoms with Gasteiger partial charge in [0.2, 0.25) is 0 Å². The minimum absolute atomic E-state index is 0.0297. The number of hydrogen-bond donors (Lipinski definition) is 0. The first-order valence-corrected chi connectivity index (χ1v) is 14.6. The quantitative estimate of drug-likeness (QED) is 0.169. The number of nitrogens with zero attached hydrogens (tertiary/aromatic N) is 2. The van der Waals surface area contributed by atoms with E-state index in [1.165, 1.54) is 0 Å². The van der Waals surface area contributed by atoms with Crippen LogP contribution in [-0.4, -0.2) is 77.6 Å². The van der Waals surface area contributed by atoms with Crippen LogP contribution in [0, 0.1) is 0 Å². The van der Waals surface area contributed by atoms with Crippen LogP contribution in [0.15, 0.2) is 0 Å². The summed E-state index contributed by atoms with van der Waals surface area (Å²) in [6, 6.07) is 0. The van der Waals surface area contributed by atoms with Crippen molar-refractivity contribution in [1.29, 1.82) is 0 Å². The lowest BCUT2D eigenvalue weighted by Crippen LogP contribution is -2.60. The van der Waals surface area contributed by atoms with Crippen molar-refractivity contribution in [2.75, 3.05) is 21.2 Å². The van der Waals surface area contributed by atoms with Crippen molar-refractivity contribution in [1.82, 2.24) is 9.80 Å². The molecule has 2 fully saturated rings. The molecule has 6 nitrogen and oxygen atoms in total. The van der Waals surface area contributed by atoms with E-state index in [9.17, 15) is 9.59 Å². The number of unbranched alkanes of at least 4 members (excludes halogenated alkanes) is 6. The van der Waals surface area contributed by atoms with Crippen LogP contribution in [-0.2, 0) is 19.1 Å². The molecule has 0 aromatic carbocycles. The Morgan fingerprint density at radius 1 is 0.703 bits per heavy atom. The van der Waals surface area contributed by atoms with Crippen molar-refractivity contribution >= 4 is 12.3 Å². The lowest BCUT2D eigenvalue weighted by molar-refractivity contribution is -0.159. The Labute approximate surface area is 229 Å². The van der Waals surface area contributed by atoms with E-state index in [0.29, 0.717) is 18.9 Å². The zero-order valence-corrected chi connectivity index (χ0v) is 26.2. The third kappa shape index (κ3) is 11.0. The summed E-state index contributed by atoms with van der Waals surface area (Å²) < 4.78 is 11.3. The van der Waals surface area contributed by atoms with Crippen molar-refractivity contribution in [2.45, 2.75) is 167 Å². The highest BCUT2D eigenvalue weighted by molar-refractivity contribution is 5.69. The number of hydrogen-bond acceptors (Lipinski definition) is 6. The maximum atomic E-state index is 12.1. The molecule has 0 saturated carbocycles. The summed E-state index contributed by atoms with van der Waals surface area (Å²) in [7, 11) is 6.20. The van der Waals surface area contributed by atoms with Gasteiger partial charge >= 0.3 is 5.97 Å². The summed E-state index contributed by atoms with van der Waals surface area (Å²) in [6.45, 7) is 18.1. The van der Waals surface area contributed by atoms with Gasteiger partial charge in [0.1, 0.15) is 12.4 Å². The van der Waals surface area contributed by atoms with Gasteiger partial charge in [0.15, 0.2) is 0 Å². The van der Waals surface area contributed by atoms with Gasteiger partial charge in [-0.05, 0) is 95.2 Å².